The predicted octanol–water partition coefficient (Wildman–Crippen LogP) is 3.47. The Hall–Kier alpha value is -2.66. The van der Waals surface area contributed by atoms with Gasteiger partial charge in [-0.3, -0.25) is 4.79 Å². The highest BCUT2D eigenvalue weighted by molar-refractivity contribution is 6.60. The van der Waals surface area contributed by atoms with Crippen LogP contribution in [0.2, 0.25) is 6.04 Å². The highest BCUT2D eigenvalue weighted by Crippen LogP contribution is 2.34. The summed E-state index contributed by atoms with van der Waals surface area (Å²) in [5.74, 6) is -0.0812. The maximum atomic E-state index is 12.4. The van der Waals surface area contributed by atoms with Crippen LogP contribution in [0.1, 0.15) is 27.2 Å². The lowest BCUT2D eigenvalue weighted by molar-refractivity contribution is -0.123. The third kappa shape index (κ3) is 5.77. The van der Waals surface area contributed by atoms with E-state index in [0.29, 0.717) is 49.8 Å². The molecule has 2 heterocycles. The van der Waals surface area contributed by atoms with Crippen LogP contribution < -0.4 is 15.7 Å². The molecule has 0 aliphatic rings. The molecule has 0 spiro atoms. The summed E-state index contributed by atoms with van der Waals surface area (Å²) >= 11 is 0. The van der Waals surface area contributed by atoms with Gasteiger partial charge in [0, 0.05) is 49.2 Å². The molecule has 0 saturated heterocycles. The number of furan rings is 1. The number of benzene rings is 1. The average Bonchev–Trinajstić information content (AvgIpc) is 3.23. The van der Waals surface area contributed by atoms with Crippen LogP contribution in [-0.4, -0.2) is 47.7 Å². The third-order valence-electron chi connectivity index (χ3n) is 4.71. The van der Waals surface area contributed by atoms with Crippen molar-refractivity contribution in [2.75, 3.05) is 33.0 Å². The predicted molar refractivity (Wildman–Crippen MR) is 121 cm³/mol. The van der Waals surface area contributed by atoms with E-state index in [-0.39, 0.29) is 23.8 Å². The SMILES string of the molecule is CCO[Si](CCCNC(=O)COc1c2occc2cc2ccc(=O)oc12)(OCC)OCC. The third-order valence-corrected chi connectivity index (χ3v) is 7.86. The quantitative estimate of drug-likeness (QED) is 0.233. The number of amides is 1. The fraction of sp³-hybridized carbons (Fsp3) is 0.455. The van der Waals surface area contributed by atoms with Gasteiger partial charge in [0.1, 0.15) is 0 Å². The molecule has 1 aromatic carbocycles. The second kappa shape index (κ2) is 11.3. The van der Waals surface area contributed by atoms with Crippen LogP contribution in [0.5, 0.6) is 5.75 Å². The van der Waals surface area contributed by atoms with Crippen molar-refractivity contribution in [2.24, 2.45) is 0 Å². The molecule has 0 atom stereocenters. The molecule has 9 nitrogen and oxygen atoms in total. The first kappa shape index (κ1) is 24.0. The summed E-state index contributed by atoms with van der Waals surface area (Å²) in [6.45, 7) is 7.42. The molecular formula is C22H29NO8Si. The van der Waals surface area contributed by atoms with Gasteiger partial charge in [-0.15, -0.1) is 0 Å². The summed E-state index contributed by atoms with van der Waals surface area (Å²) in [6, 6.07) is 7.19. The van der Waals surface area contributed by atoms with Gasteiger partial charge in [-0.05, 0) is 45.4 Å². The minimum absolute atomic E-state index is 0.228. The van der Waals surface area contributed by atoms with E-state index in [0.717, 1.165) is 5.39 Å². The summed E-state index contributed by atoms with van der Waals surface area (Å²) in [4.78, 5) is 24.0. The van der Waals surface area contributed by atoms with Gasteiger partial charge < -0.3 is 32.2 Å². The van der Waals surface area contributed by atoms with Gasteiger partial charge in [0.25, 0.3) is 5.91 Å². The van der Waals surface area contributed by atoms with Gasteiger partial charge in [0.05, 0.1) is 6.26 Å². The molecule has 3 rings (SSSR count). The summed E-state index contributed by atoms with van der Waals surface area (Å²) < 4.78 is 33.9. The minimum atomic E-state index is -2.73. The van der Waals surface area contributed by atoms with E-state index in [1.54, 1.807) is 12.1 Å². The van der Waals surface area contributed by atoms with E-state index in [2.05, 4.69) is 5.32 Å². The van der Waals surface area contributed by atoms with Crippen molar-refractivity contribution in [1.29, 1.82) is 0 Å². The van der Waals surface area contributed by atoms with Crippen molar-refractivity contribution in [3.8, 4) is 5.75 Å². The van der Waals surface area contributed by atoms with Crippen LogP contribution in [0.3, 0.4) is 0 Å². The molecule has 0 aliphatic heterocycles. The zero-order valence-corrected chi connectivity index (χ0v) is 19.6. The molecule has 0 radical (unpaired) electrons. The fourth-order valence-electron chi connectivity index (χ4n) is 3.46. The fourth-order valence-corrected chi connectivity index (χ4v) is 6.07. The molecule has 0 unspecified atom stereocenters. The molecule has 10 heteroatoms. The first-order valence-corrected chi connectivity index (χ1v) is 12.7. The van der Waals surface area contributed by atoms with E-state index in [9.17, 15) is 9.59 Å². The van der Waals surface area contributed by atoms with Gasteiger partial charge in [-0.25, -0.2) is 4.79 Å². The van der Waals surface area contributed by atoms with Crippen molar-refractivity contribution in [1.82, 2.24) is 5.32 Å². The molecular weight excluding hydrogens is 434 g/mol. The molecule has 0 saturated carbocycles. The van der Waals surface area contributed by atoms with Crippen molar-refractivity contribution in [2.45, 2.75) is 33.2 Å². The standard InChI is InChI=1S/C22H29NO8Si/c1-4-28-32(29-5-2,30-6-3)13-7-11-23-18(24)15-27-22-20-17(10-12-26-20)14-16-8-9-19(25)31-21(16)22/h8-10,12,14H,4-7,11,13,15H2,1-3H3,(H,23,24). The Labute approximate surface area is 186 Å². The van der Waals surface area contributed by atoms with E-state index >= 15 is 0 Å². The Balaban J connectivity index is 1.59. The van der Waals surface area contributed by atoms with Crippen molar-refractivity contribution >= 4 is 36.7 Å². The molecule has 3 aromatic rings. The number of hydrogen-bond donors (Lipinski definition) is 1. The first-order chi connectivity index (χ1) is 15.5. The van der Waals surface area contributed by atoms with Crippen molar-refractivity contribution in [3.05, 3.63) is 40.9 Å². The Morgan fingerprint density at radius 3 is 2.38 bits per heavy atom. The molecule has 0 aliphatic carbocycles. The number of carbonyl (C=O) groups is 1. The molecule has 1 amide bonds. The van der Waals surface area contributed by atoms with E-state index in [1.165, 1.54) is 12.3 Å². The van der Waals surface area contributed by atoms with Crippen molar-refractivity contribution < 1.29 is 31.6 Å². The van der Waals surface area contributed by atoms with Gasteiger partial charge in [0.2, 0.25) is 5.75 Å². The van der Waals surface area contributed by atoms with Gasteiger partial charge >= 0.3 is 14.4 Å². The van der Waals surface area contributed by atoms with Gasteiger partial charge in [0.15, 0.2) is 17.8 Å². The maximum Gasteiger partial charge on any atom is 0.500 e. The summed E-state index contributed by atoms with van der Waals surface area (Å²) in [5.41, 5.74) is 0.150. The topological polar surface area (TPSA) is 109 Å². The second-order valence-electron chi connectivity index (χ2n) is 6.94. The van der Waals surface area contributed by atoms with Crippen molar-refractivity contribution in [3.63, 3.8) is 0 Å². The van der Waals surface area contributed by atoms with Crippen LogP contribution in [0.25, 0.3) is 21.9 Å². The molecule has 32 heavy (non-hydrogen) atoms. The van der Waals surface area contributed by atoms with E-state index in [4.69, 9.17) is 26.8 Å². The zero-order chi connectivity index (χ0) is 23.0. The van der Waals surface area contributed by atoms with Crippen LogP contribution in [0.15, 0.2) is 44.2 Å². The van der Waals surface area contributed by atoms with Crippen LogP contribution in [-0.2, 0) is 18.1 Å². The van der Waals surface area contributed by atoms with E-state index < -0.39 is 14.4 Å². The Kier molecular flexibility index (Phi) is 8.45. The molecule has 2 aromatic heterocycles. The Morgan fingerprint density at radius 2 is 1.69 bits per heavy atom. The molecule has 174 valence electrons. The number of nitrogens with one attached hydrogen (secondary N) is 1. The van der Waals surface area contributed by atoms with Crippen LogP contribution in [0, 0.1) is 0 Å². The van der Waals surface area contributed by atoms with E-state index in [1.807, 2.05) is 26.8 Å². The molecule has 0 fully saturated rings. The lowest BCUT2D eigenvalue weighted by Crippen LogP contribution is -2.46. The lowest BCUT2D eigenvalue weighted by atomic mass is 10.1. The van der Waals surface area contributed by atoms with Gasteiger partial charge in [-0.1, -0.05) is 0 Å². The van der Waals surface area contributed by atoms with Gasteiger partial charge in [-0.2, -0.15) is 0 Å². The maximum absolute atomic E-state index is 12.4. The number of hydrogen-bond acceptors (Lipinski definition) is 8. The highest BCUT2D eigenvalue weighted by atomic mass is 28.4. The second-order valence-corrected chi connectivity index (χ2v) is 9.67. The zero-order valence-electron chi connectivity index (χ0n) is 18.6. The van der Waals surface area contributed by atoms with Crippen LogP contribution in [0.4, 0.5) is 0 Å². The summed E-state index contributed by atoms with van der Waals surface area (Å²) in [5, 5.41) is 4.28. The number of carbonyl (C=O) groups excluding carboxylic acids is 1. The smallest absolute Gasteiger partial charge is 0.476 e. The van der Waals surface area contributed by atoms with Crippen LogP contribution >= 0.6 is 0 Å². The Bertz CT molecular complexity index is 1080. The summed E-state index contributed by atoms with van der Waals surface area (Å²) in [7, 11) is -2.73. The normalized spacial score (nSPS) is 11.8. The summed E-state index contributed by atoms with van der Waals surface area (Å²) in [6.07, 6.45) is 2.16. The number of ether oxygens (including phenoxy) is 1. The monoisotopic (exact) mass is 463 g/mol. The number of rotatable bonds is 13. The highest BCUT2D eigenvalue weighted by Gasteiger charge is 2.39. The minimum Gasteiger partial charge on any atom is -0.476 e. The number of fused-ring (bicyclic) bond motifs is 2. The molecule has 1 N–H and O–H groups in total. The lowest BCUT2D eigenvalue weighted by Gasteiger charge is -2.28. The average molecular weight is 464 g/mol. The largest absolute Gasteiger partial charge is 0.500 e. The first-order valence-electron chi connectivity index (χ1n) is 10.8. The molecule has 0 bridgehead atoms. The Morgan fingerprint density at radius 1 is 1.00 bits per heavy atom.